The molecule has 1 heterocycles. The monoisotopic (exact) mass is 280 g/mol. The lowest BCUT2D eigenvalue weighted by Gasteiger charge is -2.09. The fraction of sp³-hybridized carbons (Fsp3) is 0.0769. The zero-order chi connectivity index (χ0) is 14.7. The van der Waals surface area contributed by atoms with Gasteiger partial charge < -0.3 is 15.2 Å². The maximum absolute atomic E-state index is 13.7. The topological polar surface area (TPSA) is 71.5 Å². The minimum absolute atomic E-state index is 0.340. The van der Waals surface area contributed by atoms with Crippen molar-refractivity contribution in [3.8, 4) is 5.88 Å². The van der Waals surface area contributed by atoms with Crippen LogP contribution >= 0.6 is 0 Å². The average molecular weight is 280 g/mol. The largest absolute Gasteiger partial charge is 0.481 e. The van der Waals surface area contributed by atoms with Gasteiger partial charge in [-0.05, 0) is 18.2 Å². The van der Waals surface area contributed by atoms with Crippen LogP contribution in [0.25, 0.3) is 0 Å². The Bertz CT molecular complexity index is 622. The highest BCUT2D eigenvalue weighted by molar-refractivity contribution is 5.88. The lowest BCUT2D eigenvalue weighted by atomic mass is 10.2. The van der Waals surface area contributed by atoms with E-state index in [-0.39, 0.29) is 0 Å². The summed E-state index contributed by atoms with van der Waals surface area (Å²) in [5.41, 5.74) is -0.563. The molecule has 1 aromatic carbocycles. The normalized spacial score (nSPS) is 10.2. The second kappa shape index (κ2) is 5.52. The lowest BCUT2D eigenvalue weighted by molar-refractivity contribution is 0.0696. The summed E-state index contributed by atoms with van der Waals surface area (Å²) in [6.07, 6.45) is 1.34. The molecule has 0 spiro atoms. The molecule has 0 fully saturated rings. The average Bonchev–Trinajstić information content (AvgIpc) is 2.43. The van der Waals surface area contributed by atoms with E-state index in [4.69, 9.17) is 9.84 Å². The van der Waals surface area contributed by atoms with Crippen molar-refractivity contribution in [2.45, 2.75) is 0 Å². The molecule has 0 bridgehead atoms. The van der Waals surface area contributed by atoms with Crippen molar-refractivity contribution >= 4 is 17.3 Å². The number of carboxylic acids is 1. The third kappa shape index (κ3) is 2.82. The van der Waals surface area contributed by atoms with Gasteiger partial charge in [0.1, 0.15) is 5.69 Å². The summed E-state index contributed by atoms with van der Waals surface area (Å²) < 4.78 is 32.2. The zero-order valence-corrected chi connectivity index (χ0v) is 10.4. The highest BCUT2D eigenvalue weighted by Crippen LogP contribution is 2.25. The van der Waals surface area contributed by atoms with Crippen molar-refractivity contribution in [2.24, 2.45) is 0 Å². The Morgan fingerprint density at radius 2 is 1.95 bits per heavy atom. The fourth-order valence-electron chi connectivity index (χ4n) is 1.54. The molecule has 0 aliphatic carbocycles. The summed E-state index contributed by atoms with van der Waals surface area (Å²) in [5.74, 6) is -3.05. The Balaban J connectivity index is 2.30. The van der Waals surface area contributed by atoms with Gasteiger partial charge in [0.25, 0.3) is 0 Å². The van der Waals surface area contributed by atoms with E-state index in [1.54, 1.807) is 0 Å². The SMILES string of the molecule is COc1ccc(Nc2c(F)cc(C(=O)O)cc2F)cn1. The molecule has 0 saturated carbocycles. The van der Waals surface area contributed by atoms with Crippen LogP contribution in [-0.2, 0) is 0 Å². The van der Waals surface area contributed by atoms with Crippen molar-refractivity contribution in [3.05, 3.63) is 47.7 Å². The van der Waals surface area contributed by atoms with Crippen LogP contribution in [0.15, 0.2) is 30.5 Å². The van der Waals surface area contributed by atoms with Crippen molar-refractivity contribution in [1.82, 2.24) is 4.98 Å². The molecule has 0 amide bonds. The summed E-state index contributed by atoms with van der Waals surface area (Å²) >= 11 is 0. The number of ether oxygens (including phenoxy) is 1. The molecule has 2 aromatic rings. The fourth-order valence-corrected chi connectivity index (χ4v) is 1.54. The molecule has 0 atom stereocenters. The van der Waals surface area contributed by atoms with Gasteiger partial charge in [0, 0.05) is 6.07 Å². The third-order valence-electron chi connectivity index (χ3n) is 2.50. The molecule has 0 unspecified atom stereocenters. The first-order chi connectivity index (χ1) is 9.51. The molecular formula is C13H10F2N2O3. The van der Waals surface area contributed by atoms with E-state index in [1.807, 2.05) is 0 Å². The highest BCUT2D eigenvalue weighted by Gasteiger charge is 2.15. The molecule has 0 aliphatic heterocycles. The molecule has 7 heteroatoms. The van der Waals surface area contributed by atoms with Gasteiger partial charge >= 0.3 is 5.97 Å². The number of pyridine rings is 1. The van der Waals surface area contributed by atoms with Crippen molar-refractivity contribution in [1.29, 1.82) is 0 Å². The highest BCUT2D eigenvalue weighted by atomic mass is 19.1. The number of hydrogen-bond acceptors (Lipinski definition) is 4. The number of benzene rings is 1. The van der Waals surface area contributed by atoms with Gasteiger partial charge in [0.05, 0.1) is 24.6 Å². The van der Waals surface area contributed by atoms with Gasteiger partial charge in [-0.25, -0.2) is 18.6 Å². The van der Waals surface area contributed by atoms with E-state index in [2.05, 4.69) is 10.3 Å². The van der Waals surface area contributed by atoms with E-state index in [1.165, 1.54) is 25.4 Å². The standard InChI is InChI=1S/C13H10F2N2O3/c1-20-11-3-2-8(6-16-11)17-12-9(14)4-7(13(18)19)5-10(12)15/h2-6,17H,1H3,(H,18,19). The number of nitrogens with zero attached hydrogens (tertiary/aromatic N) is 1. The van der Waals surface area contributed by atoms with Crippen LogP contribution in [0.4, 0.5) is 20.2 Å². The van der Waals surface area contributed by atoms with Gasteiger partial charge in [-0.15, -0.1) is 0 Å². The van der Waals surface area contributed by atoms with Crippen molar-refractivity contribution in [3.63, 3.8) is 0 Å². The van der Waals surface area contributed by atoms with E-state index in [9.17, 15) is 13.6 Å². The van der Waals surface area contributed by atoms with Crippen LogP contribution in [0.3, 0.4) is 0 Å². The summed E-state index contributed by atoms with van der Waals surface area (Å²) in [6.45, 7) is 0. The van der Waals surface area contributed by atoms with Crippen LogP contribution in [0.5, 0.6) is 5.88 Å². The van der Waals surface area contributed by atoms with E-state index < -0.39 is 28.9 Å². The van der Waals surface area contributed by atoms with E-state index >= 15 is 0 Å². The molecule has 2 N–H and O–H groups in total. The maximum Gasteiger partial charge on any atom is 0.335 e. The van der Waals surface area contributed by atoms with Crippen molar-refractivity contribution < 1.29 is 23.4 Å². The summed E-state index contributed by atoms with van der Waals surface area (Å²) in [6, 6.07) is 4.52. The minimum atomic E-state index is -1.40. The molecule has 0 radical (unpaired) electrons. The first-order valence-corrected chi connectivity index (χ1v) is 5.50. The zero-order valence-electron chi connectivity index (χ0n) is 10.4. The van der Waals surface area contributed by atoms with Gasteiger partial charge in [-0.3, -0.25) is 0 Å². The number of anilines is 2. The predicted octanol–water partition coefficient (Wildman–Crippen LogP) is 2.81. The Labute approximate surface area is 112 Å². The van der Waals surface area contributed by atoms with Gasteiger partial charge in [0.15, 0.2) is 11.6 Å². The summed E-state index contributed by atoms with van der Waals surface area (Å²) in [5, 5.41) is 11.2. The Morgan fingerprint density at radius 1 is 1.30 bits per heavy atom. The number of hydrogen-bond donors (Lipinski definition) is 2. The number of carboxylic acid groups (broad SMARTS) is 1. The molecule has 20 heavy (non-hydrogen) atoms. The minimum Gasteiger partial charge on any atom is -0.481 e. The van der Waals surface area contributed by atoms with E-state index in [0.29, 0.717) is 11.6 Å². The molecule has 5 nitrogen and oxygen atoms in total. The summed E-state index contributed by atoms with van der Waals surface area (Å²) in [7, 11) is 1.44. The van der Waals surface area contributed by atoms with Gasteiger partial charge in [-0.1, -0.05) is 0 Å². The molecule has 104 valence electrons. The smallest absolute Gasteiger partial charge is 0.335 e. The molecule has 2 rings (SSSR count). The second-order valence-corrected chi connectivity index (χ2v) is 3.83. The number of halogens is 2. The number of nitrogens with one attached hydrogen (secondary N) is 1. The second-order valence-electron chi connectivity index (χ2n) is 3.83. The number of aromatic nitrogens is 1. The molecule has 0 aliphatic rings. The number of carbonyl (C=O) groups is 1. The predicted molar refractivity (Wildman–Crippen MR) is 67.4 cm³/mol. The number of aromatic carboxylic acids is 1. The molecular weight excluding hydrogens is 270 g/mol. The van der Waals surface area contributed by atoms with Crippen molar-refractivity contribution in [2.75, 3.05) is 12.4 Å². The quantitative estimate of drug-likeness (QED) is 0.901. The van der Waals surface area contributed by atoms with Gasteiger partial charge in [-0.2, -0.15) is 0 Å². The molecule has 0 saturated heterocycles. The lowest BCUT2D eigenvalue weighted by Crippen LogP contribution is -2.03. The third-order valence-corrected chi connectivity index (χ3v) is 2.50. The van der Waals surface area contributed by atoms with Crippen LogP contribution < -0.4 is 10.1 Å². The maximum atomic E-state index is 13.7. The Hall–Kier alpha value is -2.70. The van der Waals surface area contributed by atoms with Crippen LogP contribution in [0.2, 0.25) is 0 Å². The van der Waals surface area contributed by atoms with Crippen LogP contribution in [0, 0.1) is 11.6 Å². The van der Waals surface area contributed by atoms with E-state index in [0.717, 1.165) is 12.1 Å². The van der Waals surface area contributed by atoms with Gasteiger partial charge in [0.2, 0.25) is 5.88 Å². The number of methoxy groups -OCH3 is 1. The first-order valence-electron chi connectivity index (χ1n) is 5.50. The Morgan fingerprint density at radius 3 is 2.40 bits per heavy atom. The Kier molecular flexibility index (Phi) is 3.79. The molecule has 1 aromatic heterocycles. The van der Waals surface area contributed by atoms with Crippen LogP contribution in [0.1, 0.15) is 10.4 Å². The number of rotatable bonds is 4. The van der Waals surface area contributed by atoms with Crippen LogP contribution in [-0.4, -0.2) is 23.2 Å². The summed E-state index contributed by atoms with van der Waals surface area (Å²) in [4.78, 5) is 14.5. The first kappa shape index (κ1) is 13.7.